The van der Waals surface area contributed by atoms with E-state index >= 15 is 0 Å². The van der Waals surface area contributed by atoms with Gasteiger partial charge in [-0.2, -0.15) is 0 Å². The number of amides is 1. The molecule has 0 saturated heterocycles. The van der Waals surface area contributed by atoms with Crippen molar-refractivity contribution in [2.45, 2.75) is 72.1 Å². The molecular formula is C24H37N5O3. The van der Waals surface area contributed by atoms with Crippen molar-refractivity contribution in [2.75, 3.05) is 13.1 Å². The van der Waals surface area contributed by atoms with E-state index in [2.05, 4.69) is 46.7 Å². The second-order valence-electron chi connectivity index (χ2n) is 9.55. The highest BCUT2D eigenvalue weighted by Gasteiger charge is 2.21. The summed E-state index contributed by atoms with van der Waals surface area (Å²) in [6.45, 7) is 15.2. The predicted molar refractivity (Wildman–Crippen MR) is 127 cm³/mol. The Labute approximate surface area is 191 Å². The molecule has 0 fully saturated rings. The molecule has 1 amide bonds. The maximum atomic E-state index is 12.4. The number of hydrogen-bond acceptors (Lipinski definition) is 5. The highest BCUT2D eigenvalue weighted by Crippen LogP contribution is 2.22. The number of aromatic nitrogens is 1. The lowest BCUT2D eigenvalue weighted by Gasteiger charge is -2.24. The molecule has 3 N–H and O–H groups in total. The Morgan fingerprint density at radius 1 is 1.12 bits per heavy atom. The monoisotopic (exact) mass is 443 g/mol. The number of nitrogens with zero attached hydrogens (tertiary/aromatic N) is 2. The molecule has 1 unspecified atom stereocenters. The van der Waals surface area contributed by atoms with Crippen LogP contribution in [-0.2, 0) is 16.7 Å². The maximum absolute atomic E-state index is 12.4. The summed E-state index contributed by atoms with van der Waals surface area (Å²) in [6, 6.07) is 9.45. The Bertz CT molecular complexity index is 879. The third-order valence-electron chi connectivity index (χ3n) is 4.38. The van der Waals surface area contributed by atoms with Crippen LogP contribution < -0.4 is 16.0 Å². The van der Waals surface area contributed by atoms with Crippen molar-refractivity contribution >= 4 is 12.1 Å². The molecule has 0 bridgehead atoms. The SMILES string of the molecule is CCNC(=NCc1ncc(C(C)(C)C)o1)NCC(NC(=O)OC(C)(C)C)c1ccccc1. The number of carbonyl (C=O) groups excluding carboxylic acids is 1. The fourth-order valence-corrected chi connectivity index (χ4v) is 2.80. The summed E-state index contributed by atoms with van der Waals surface area (Å²) in [4.78, 5) is 21.3. The fraction of sp³-hybridized carbons (Fsp3) is 0.542. The third-order valence-corrected chi connectivity index (χ3v) is 4.38. The number of nitrogens with one attached hydrogen (secondary N) is 3. The van der Waals surface area contributed by atoms with Crippen LogP contribution in [0.1, 0.15) is 71.7 Å². The molecule has 1 aromatic carbocycles. The number of aliphatic imine (C=N–C) groups is 1. The summed E-state index contributed by atoms with van der Waals surface area (Å²) < 4.78 is 11.3. The van der Waals surface area contributed by atoms with E-state index in [4.69, 9.17) is 9.15 Å². The third kappa shape index (κ3) is 8.61. The van der Waals surface area contributed by atoms with Crippen molar-refractivity contribution < 1.29 is 13.9 Å². The van der Waals surface area contributed by atoms with Crippen LogP contribution in [0.5, 0.6) is 0 Å². The lowest BCUT2D eigenvalue weighted by Crippen LogP contribution is -2.44. The molecule has 0 radical (unpaired) electrons. The Morgan fingerprint density at radius 2 is 1.81 bits per heavy atom. The van der Waals surface area contributed by atoms with E-state index < -0.39 is 11.7 Å². The smallest absolute Gasteiger partial charge is 0.408 e. The summed E-state index contributed by atoms with van der Waals surface area (Å²) in [5.41, 5.74) is 0.287. The summed E-state index contributed by atoms with van der Waals surface area (Å²) in [7, 11) is 0. The average molecular weight is 444 g/mol. The standard InChI is InChI=1S/C24H37N5O3/c1-8-25-21(28-16-20-26-15-19(31-20)23(2,3)4)27-14-18(17-12-10-9-11-13-17)29-22(30)32-24(5,6)7/h9-13,15,18H,8,14,16H2,1-7H3,(H,29,30)(H2,25,27,28). The molecule has 8 nitrogen and oxygen atoms in total. The molecule has 0 saturated carbocycles. The van der Waals surface area contributed by atoms with E-state index in [1.807, 2.05) is 58.0 Å². The van der Waals surface area contributed by atoms with Gasteiger partial charge in [0.05, 0.1) is 12.2 Å². The number of oxazole rings is 1. The second-order valence-corrected chi connectivity index (χ2v) is 9.55. The van der Waals surface area contributed by atoms with E-state index in [-0.39, 0.29) is 11.5 Å². The normalized spacial score (nSPS) is 13.4. The Kier molecular flexibility index (Phi) is 8.69. The van der Waals surface area contributed by atoms with E-state index in [0.29, 0.717) is 31.5 Å². The summed E-state index contributed by atoms with van der Waals surface area (Å²) in [6.07, 6.45) is 1.28. The number of hydrogen-bond donors (Lipinski definition) is 3. The zero-order valence-electron chi connectivity index (χ0n) is 20.3. The van der Waals surface area contributed by atoms with Gasteiger partial charge in [0.15, 0.2) is 5.96 Å². The quantitative estimate of drug-likeness (QED) is 0.436. The molecule has 32 heavy (non-hydrogen) atoms. The first-order chi connectivity index (χ1) is 15.0. The van der Waals surface area contributed by atoms with Crippen LogP contribution >= 0.6 is 0 Å². The molecule has 176 valence electrons. The molecule has 0 aliphatic heterocycles. The van der Waals surface area contributed by atoms with Gasteiger partial charge in [0.25, 0.3) is 0 Å². The molecule has 1 atom stereocenters. The first kappa shape index (κ1) is 25.2. The minimum atomic E-state index is -0.572. The minimum absolute atomic E-state index is 0.103. The molecule has 0 aliphatic rings. The highest BCUT2D eigenvalue weighted by atomic mass is 16.6. The Hall–Kier alpha value is -3.03. The lowest BCUT2D eigenvalue weighted by molar-refractivity contribution is 0.0504. The van der Waals surface area contributed by atoms with Crippen LogP contribution in [0.2, 0.25) is 0 Å². The van der Waals surface area contributed by atoms with Crippen LogP contribution in [-0.4, -0.2) is 35.7 Å². The Morgan fingerprint density at radius 3 is 2.38 bits per heavy atom. The number of benzene rings is 1. The topological polar surface area (TPSA) is 101 Å². The fourth-order valence-electron chi connectivity index (χ4n) is 2.80. The molecule has 0 aliphatic carbocycles. The van der Waals surface area contributed by atoms with Crippen molar-refractivity contribution in [3.05, 3.63) is 53.7 Å². The lowest BCUT2D eigenvalue weighted by atomic mass is 9.94. The predicted octanol–water partition coefficient (Wildman–Crippen LogP) is 4.29. The maximum Gasteiger partial charge on any atom is 0.408 e. The summed E-state index contributed by atoms with van der Waals surface area (Å²) >= 11 is 0. The number of ether oxygens (including phenoxy) is 1. The van der Waals surface area contributed by atoms with Crippen molar-refractivity contribution in [2.24, 2.45) is 4.99 Å². The number of alkyl carbamates (subject to hydrolysis) is 1. The van der Waals surface area contributed by atoms with Crippen molar-refractivity contribution in [1.29, 1.82) is 0 Å². The number of carbonyl (C=O) groups is 1. The van der Waals surface area contributed by atoms with Crippen LogP contribution in [0.15, 0.2) is 45.9 Å². The van der Waals surface area contributed by atoms with Crippen LogP contribution in [0.3, 0.4) is 0 Å². The van der Waals surface area contributed by atoms with E-state index in [9.17, 15) is 4.79 Å². The number of guanidine groups is 1. The molecular weight excluding hydrogens is 406 g/mol. The van der Waals surface area contributed by atoms with Gasteiger partial charge in [-0.3, -0.25) is 0 Å². The zero-order chi connectivity index (χ0) is 23.8. The Balaban J connectivity index is 2.08. The molecule has 8 heteroatoms. The van der Waals surface area contributed by atoms with E-state index in [0.717, 1.165) is 11.3 Å². The summed E-state index contributed by atoms with van der Waals surface area (Å²) in [5.74, 6) is 1.99. The molecule has 0 spiro atoms. The summed E-state index contributed by atoms with van der Waals surface area (Å²) in [5, 5.41) is 9.45. The van der Waals surface area contributed by atoms with Crippen molar-refractivity contribution in [3.8, 4) is 0 Å². The first-order valence-corrected chi connectivity index (χ1v) is 11.0. The van der Waals surface area contributed by atoms with Gasteiger partial charge in [0.2, 0.25) is 5.89 Å². The zero-order valence-corrected chi connectivity index (χ0v) is 20.3. The van der Waals surface area contributed by atoms with Gasteiger partial charge in [-0.15, -0.1) is 0 Å². The van der Waals surface area contributed by atoms with Gasteiger partial charge < -0.3 is 25.1 Å². The molecule has 2 aromatic rings. The van der Waals surface area contributed by atoms with Crippen LogP contribution in [0.25, 0.3) is 0 Å². The van der Waals surface area contributed by atoms with E-state index in [1.54, 1.807) is 6.20 Å². The largest absolute Gasteiger partial charge is 0.444 e. The second kappa shape index (κ2) is 11.0. The van der Waals surface area contributed by atoms with Gasteiger partial charge in [0.1, 0.15) is 17.9 Å². The van der Waals surface area contributed by atoms with Crippen LogP contribution in [0.4, 0.5) is 4.79 Å². The van der Waals surface area contributed by atoms with Crippen LogP contribution in [0, 0.1) is 0 Å². The van der Waals surface area contributed by atoms with E-state index in [1.165, 1.54) is 0 Å². The van der Waals surface area contributed by atoms with Gasteiger partial charge in [-0.05, 0) is 33.3 Å². The first-order valence-electron chi connectivity index (χ1n) is 11.0. The molecule has 2 rings (SSSR count). The van der Waals surface area contributed by atoms with Crippen molar-refractivity contribution in [1.82, 2.24) is 20.9 Å². The van der Waals surface area contributed by atoms with Gasteiger partial charge in [-0.1, -0.05) is 51.1 Å². The highest BCUT2D eigenvalue weighted by molar-refractivity contribution is 5.79. The van der Waals surface area contributed by atoms with Gasteiger partial charge >= 0.3 is 6.09 Å². The minimum Gasteiger partial charge on any atom is -0.444 e. The van der Waals surface area contributed by atoms with Gasteiger partial charge in [0, 0.05) is 18.5 Å². The molecule has 1 aromatic heterocycles. The van der Waals surface area contributed by atoms with Crippen molar-refractivity contribution in [3.63, 3.8) is 0 Å². The average Bonchev–Trinajstić information content (AvgIpc) is 3.18. The van der Waals surface area contributed by atoms with Gasteiger partial charge in [-0.25, -0.2) is 14.8 Å². The number of rotatable bonds is 7. The molecule has 1 heterocycles.